The van der Waals surface area contributed by atoms with Gasteiger partial charge in [-0.2, -0.15) is 4.72 Å². The van der Waals surface area contributed by atoms with Crippen molar-refractivity contribution in [1.29, 1.82) is 0 Å². The number of imidazole rings is 1. The Bertz CT molecular complexity index is 1490. The molecular formula is C31H34N4O5S. The largest absolute Gasteiger partial charge is 0.490 e. The van der Waals surface area contributed by atoms with Crippen LogP contribution in [-0.4, -0.2) is 48.2 Å². The minimum absolute atomic E-state index is 0.0139. The number of rotatable bonds is 13. The van der Waals surface area contributed by atoms with E-state index in [1.54, 1.807) is 60.9 Å². The minimum atomic E-state index is -4.11. The van der Waals surface area contributed by atoms with E-state index in [4.69, 9.17) is 4.74 Å². The maximum Gasteiger partial charge on any atom is 0.322 e. The number of anilines is 1. The van der Waals surface area contributed by atoms with Crippen molar-refractivity contribution in [1.82, 2.24) is 14.7 Å². The lowest BCUT2D eigenvalue weighted by atomic mass is 9.96. The third-order valence-electron chi connectivity index (χ3n) is 7.21. The van der Waals surface area contributed by atoms with Crippen LogP contribution in [0, 0.1) is 0 Å². The number of nitrogens with zero attached hydrogens (tertiary/aromatic N) is 1. The Hall–Kier alpha value is -4.15. The molecule has 214 valence electrons. The Labute approximate surface area is 240 Å². The molecule has 0 bridgehead atoms. The number of aryl methyl sites for hydroxylation is 1. The molecule has 2 heterocycles. The highest BCUT2D eigenvalue weighted by atomic mass is 32.2. The van der Waals surface area contributed by atoms with Crippen molar-refractivity contribution < 1.29 is 23.1 Å². The summed E-state index contributed by atoms with van der Waals surface area (Å²) in [5, 5.41) is 12.2. The third kappa shape index (κ3) is 7.33. The van der Waals surface area contributed by atoms with Gasteiger partial charge < -0.3 is 20.1 Å². The summed E-state index contributed by atoms with van der Waals surface area (Å²) >= 11 is 0. The molecule has 0 saturated carbocycles. The molecule has 1 aliphatic heterocycles. The molecule has 3 aromatic carbocycles. The molecule has 4 N–H and O–H groups in total. The van der Waals surface area contributed by atoms with E-state index in [2.05, 4.69) is 20.0 Å². The Balaban J connectivity index is 1.24. The average Bonchev–Trinajstić information content (AvgIpc) is 3.50. The van der Waals surface area contributed by atoms with Gasteiger partial charge in [0, 0.05) is 18.9 Å². The maximum atomic E-state index is 13.7. The molecule has 10 heteroatoms. The molecule has 5 rings (SSSR count). The predicted octanol–water partition coefficient (Wildman–Crippen LogP) is 4.70. The van der Waals surface area contributed by atoms with Crippen molar-refractivity contribution in [2.75, 3.05) is 11.9 Å². The molecule has 4 aromatic rings. The van der Waals surface area contributed by atoms with Crippen LogP contribution in [0.5, 0.6) is 5.75 Å². The summed E-state index contributed by atoms with van der Waals surface area (Å²) in [5.41, 5.74) is 2.87. The van der Waals surface area contributed by atoms with Crippen LogP contribution in [-0.2, 0) is 27.7 Å². The number of hydrogen-bond acceptors (Lipinski definition) is 6. The highest BCUT2D eigenvalue weighted by Crippen LogP contribution is 2.32. The van der Waals surface area contributed by atoms with Gasteiger partial charge >= 0.3 is 5.97 Å². The lowest BCUT2D eigenvalue weighted by Gasteiger charge is -2.27. The summed E-state index contributed by atoms with van der Waals surface area (Å²) in [6, 6.07) is 21.9. The van der Waals surface area contributed by atoms with Crippen molar-refractivity contribution >= 4 is 21.9 Å². The number of aromatic nitrogens is 2. The van der Waals surface area contributed by atoms with Gasteiger partial charge in [0.05, 0.1) is 6.10 Å². The zero-order chi connectivity index (χ0) is 28.7. The standard InChI is InChI=1S/C31H34N4O5S/c36-30(37)27(35-41(38,39)29(23-8-3-1-4-9-23)24-10-5-2-6-11-24)21-22-13-16-28-25(20-22)14-15-26(40-28)12-7-17-32-31-33-18-19-34-31/h1-6,8-11,13,16,18-20,26-27,29,35H,7,12,14-15,17,21H2,(H,36,37)(H2,32,33,34)/t26?,27-/m0/s1. The van der Waals surface area contributed by atoms with Gasteiger partial charge in [-0.3, -0.25) is 4.79 Å². The number of nitrogens with one attached hydrogen (secondary N) is 3. The molecule has 1 aliphatic rings. The molecule has 0 spiro atoms. The molecule has 0 radical (unpaired) electrons. The SMILES string of the molecule is O=C(O)[C@H](Cc1ccc2c(c1)CCC(CCCNc1ncc[nH]1)O2)NS(=O)(=O)C(c1ccccc1)c1ccccc1. The first-order chi connectivity index (χ1) is 19.9. The first-order valence-corrected chi connectivity index (χ1v) is 15.3. The first kappa shape index (κ1) is 28.4. The lowest BCUT2D eigenvalue weighted by Crippen LogP contribution is -2.44. The number of ether oxygens (including phenoxy) is 1. The molecule has 1 unspecified atom stereocenters. The fourth-order valence-corrected chi connectivity index (χ4v) is 6.96. The number of fused-ring (bicyclic) bond motifs is 1. The van der Waals surface area contributed by atoms with E-state index >= 15 is 0 Å². The quantitative estimate of drug-likeness (QED) is 0.170. The number of hydrogen-bond donors (Lipinski definition) is 4. The number of carboxylic acids is 1. The summed E-state index contributed by atoms with van der Waals surface area (Å²) in [4.78, 5) is 19.4. The third-order valence-corrected chi connectivity index (χ3v) is 8.99. The van der Waals surface area contributed by atoms with E-state index in [0.29, 0.717) is 11.1 Å². The second-order valence-electron chi connectivity index (χ2n) is 10.2. The van der Waals surface area contributed by atoms with E-state index in [9.17, 15) is 18.3 Å². The van der Waals surface area contributed by atoms with Crippen LogP contribution in [0.25, 0.3) is 0 Å². The molecule has 1 aromatic heterocycles. The van der Waals surface area contributed by atoms with Crippen molar-refractivity contribution in [3.8, 4) is 5.75 Å². The number of carbonyl (C=O) groups is 1. The smallest absolute Gasteiger partial charge is 0.322 e. The zero-order valence-corrected chi connectivity index (χ0v) is 23.4. The number of benzene rings is 3. The normalized spacial score (nSPS) is 15.6. The van der Waals surface area contributed by atoms with Crippen molar-refractivity contribution in [2.24, 2.45) is 0 Å². The monoisotopic (exact) mass is 574 g/mol. The van der Waals surface area contributed by atoms with Gasteiger partial charge in [0.15, 0.2) is 5.95 Å². The minimum Gasteiger partial charge on any atom is -0.490 e. The zero-order valence-electron chi connectivity index (χ0n) is 22.6. The number of carboxylic acid groups (broad SMARTS) is 1. The number of H-pyrrole nitrogens is 1. The van der Waals surface area contributed by atoms with Crippen LogP contribution in [0.15, 0.2) is 91.3 Å². The summed E-state index contributed by atoms with van der Waals surface area (Å²) in [5.74, 6) is 0.320. The fraction of sp³-hybridized carbons (Fsp3) is 0.290. The molecule has 0 saturated heterocycles. The molecule has 0 amide bonds. The van der Waals surface area contributed by atoms with Crippen LogP contribution in [0.2, 0.25) is 0 Å². The highest BCUT2D eigenvalue weighted by molar-refractivity contribution is 7.90. The average molecular weight is 575 g/mol. The topological polar surface area (TPSA) is 133 Å². The second kappa shape index (κ2) is 13.0. The van der Waals surface area contributed by atoms with E-state index in [-0.39, 0.29) is 12.5 Å². The van der Waals surface area contributed by atoms with Gasteiger partial charge in [0.1, 0.15) is 17.0 Å². The Kier molecular flexibility index (Phi) is 9.01. The summed E-state index contributed by atoms with van der Waals surface area (Å²) in [6.45, 7) is 0.793. The van der Waals surface area contributed by atoms with Crippen molar-refractivity contribution in [3.05, 3.63) is 114 Å². The van der Waals surface area contributed by atoms with Crippen LogP contribution >= 0.6 is 0 Å². The van der Waals surface area contributed by atoms with Crippen LogP contribution in [0.4, 0.5) is 5.95 Å². The Morgan fingerprint density at radius 3 is 2.39 bits per heavy atom. The molecular weight excluding hydrogens is 540 g/mol. The fourth-order valence-electron chi connectivity index (χ4n) is 5.21. The number of sulfonamides is 1. The Morgan fingerprint density at radius 1 is 1.05 bits per heavy atom. The van der Waals surface area contributed by atoms with Gasteiger partial charge in [0.2, 0.25) is 10.0 Å². The van der Waals surface area contributed by atoms with E-state index < -0.39 is 27.3 Å². The predicted molar refractivity (Wildman–Crippen MR) is 157 cm³/mol. The summed E-state index contributed by atoms with van der Waals surface area (Å²) < 4.78 is 36.1. The van der Waals surface area contributed by atoms with E-state index in [0.717, 1.165) is 55.1 Å². The molecule has 0 aliphatic carbocycles. The van der Waals surface area contributed by atoms with Gasteiger partial charge in [-0.25, -0.2) is 13.4 Å². The molecule has 41 heavy (non-hydrogen) atoms. The summed E-state index contributed by atoms with van der Waals surface area (Å²) in [7, 11) is -4.11. The van der Waals surface area contributed by atoms with Gasteiger partial charge in [-0.1, -0.05) is 72.8 Å². The Morgan fingerprint density at radius 2 is 1.76 bits per heavy atom. The van der Waals surface area contributed by atoms with Gasteiger partial charge in [0.25, 0.3) is 0 Å². The number of aromatic amines is 1. The maximum absolute atomic E-state index is 13.7. The highest BCUT2D eigenvalue weighted by Gasteiger charge is 2.33. The van der Waals surface area contributed by atoms with E-state index in [1.807, 2.05) is 30.3 Å². The van der Waals surface area contributed by atoms with Crippen molar-refractivity contribution in [3.63, 3.8) is 0 Å². The summed E-state index contributed by atoms with van der Waals surface area (Å²) in [6.07, 6.45) is 7.12. The number of aliphatic carboxylic acids is 1. The molecule has 9 nitrogen and oxygen atoms in total. The van der Waals surface area contributed by atoms with Crippen LogP contribution < -0.4 is 14.8 Å². The lowest BCUT2D eigenvalue weighted by molar-refractivity contribution is -0.138. The van der Waals surface area contributed by atoms with Crippen LogP contribution in [0.3, 0.4) is 0 Å². The van der Waals surface area contributed by atoms with Crippen LogP contribution in [0.1, 0.15) is 46.8 Å². The van der Waals surface area contributed by atoms with Gasteiger partial charge in [-0.05, 0) is 60.4 Å². The van der Waals surface area contributed by atoms with Crippen molar-refractivity contribution in [2.45, 2.75) is 49.5 Å². The van der Waals surface area contributed by atoms with E-state index in [1.165, 1.54) is 0 Å². The van der Waals surface area contributed by atoms with Gasteiger partial charge in [-0.15, -0.1) is 0 Å². The molecule has 0 fully saturated rings. The first-order valence-electron chi connectivity index (χ1n) is 13.7. The second-order valence-corrected chi connectivity index (χ2v) is 12.0. The molecule has 2 atom stereocenters.